The van der Waals surface area contributed by atoms with E-state index in [1.807, 2.05) is 18.2 Å². The van der Waals surface area contributed by atoms with E-state index < -0.39 is 0 Å². The monoisotopic (exact) mass is 318 g/mol. The second-order valence-corrected chi connectivity index (χ2v) is 4.53. The Hall–Kier alpha value is -0.580. The van der Waals surface area contributed by atoms with Gasteiger partial charge < -0.3 is 4.74 Å². The highest BCUT2D eigenvalue weighted by molar-refractivity contribution is 14.1. The van der Waals surface area contributed by atoms with Gasteiger partial charge in [-0.2, -0.15) is 0 Å². The standard InChI is InChI=1S/C12H15IO2/c1-3-4-5-12(14)10-7-6-9(15-2)8-11(10)13/h6-8H,3-5H2,1-2H3. The molecule has 0 aliphatic rings. The number of methoxy groups -OCH3 is 1. The molecule has 0 spiro atoms. The largest absolute Gasteiger partial charge is 0.497 e. The number of ether oxygens (including phenoxy) is 1. The van der Waals surface area contributed by atoms with Gasteiger partial charge in [-0.15, -0.1) is 0 Å². The SMILES string of the molecule is CCCCC(=O)c1ccc(OC)cc1I. The third kappa shape index (κ3) is 3.48. The summed E-state index contributed by atoms with van der Waals surface area (Å²) in [6.45, 7) is 2.09. The molecule has 15 heavy (non-hydrogen) atoms. The molecular formula is C12H15IO2. The second-order valence-electron chi connectivity index (χ2n) is 3.37. The zero-order valence-corrected chi connectivity index (χ0v) is 11.2. The highest BCUT2D eigenvalue weighted by Crippen LogP contribution is 2.21. The smallest absolute Gasteiger partial charge is 0.163 e. The minimum atomic E-state index is 0.226. The molecule has 0 saturated heterocycles. The number of Topliss-reactive ketones (excluding diaryl/α,β-unsaturated/α-hetero) is 1. The molecule has 0 saturated carbocycles. The molecular weight excluding hydrogens is 303 g/mol. The number of carbonyl (C=O) groups is 1. The van der Waals surface area contributed by atoms with Crippen LogP contribution >= 0.6 is 22.6 Å². The summed E-state index contributed by atoms with van der Waals surface area (Å²) in [5, 5.41) is 0. The molecule has 0 aliphatic heterocycles. The van der Waals surface area contributed by atoms with Gasteiger partial charge >= 0.3 is 0 Å². The molecule has 0 aliphatic carbocycles. The fourth-order valence-electron chi connectivity index (χ4n) is 1.32. The molecule has 0 atom stereocenters. The number of hydrogen-bond donors (Lipinski definition) is 0. The van der Waals surface area contributed by atoms with Gasteiger partial charge in [-0.05, 0) is 47.2 Å². The average molecular weight is 318 g/mol. The van der Waals surface area contributed by atoms with Crippen molar-refractivity contribution in [1.29, 1.82) is 0 Å². The molecule has 1 aromatic carbocycles. The maximum atomic E-state index is 11.8. The van der Waals surface area contributed by atoms with Crippen LogP contribution in [-0.2, 0) is 0 Å². The van der Waals surface area contributed by atoms with Gasteiger partial charge in [0.25, 0.3) is 0 Å². The zero-order valence-electron chi connectivity index (χ0n) is 9.05. The van der Waals surface area contributed by atoms with Crippen molar-refractivity contribution in [3.63, 3.8) is 0 Å². The first-order valence-corrected chi connectivity index (χ1v) is 6.13. The summed E-state index contributed by atoms with van der Waals surface area (Å²) in [6.07, 6.45) is 2.65. The Bertz CT molecular complexity index is 347. The Morgan fingerprint density at radius 3 is 2.73 bits per heavy atom. The van der Waals surface area contributed by atoms with Crippen LogP contribution in [0.25, 0.3) is 0 Å². The van der Waals surface area contributed by atoms with Crippen LogP contribution in [-0.4, -0.2) is 12.9 Å². The summed E-state index contributed by atoms with van der Waals surface area (Å²) in [4.78, 5) is 11.8. The second kappa shape index (κ2) is 6.10. The lowest BCUT2D eigenvalue weighted by molar-refractivity contribution is 0.0979. The van der Waals surface area contributed by atoms with Gasteiger partial charge in [-0.3, -0.25) is 4.79 Å². The number of hydrogen-bond acceptors (Lipinski definition) is 2. The van der Waals surface area contributed by atoms with E-state index >= 15 is 0 Å². The van der Waals surface area contributed by atoms with Crippen LogP contribution in [0.1, 0.15) is 36.5 Å². The summed E-state index contributed by atoms with van der Waals surface area (Å²) in [6, 6.07) is 5.57. The Morgan fingerprint density at radius 1 is 1.47 bits per heavy atom. The topological polar surface area (TPSA) is 26.3 Å². The first-order valence-electron chi connectivity index (χ1n) is 5.05. The van der Waals surface area contributed by atoms with Crippen molar-refractivity contribution in [1.82, 2.24) is 0 Å². The van der Waals surface area contributed by atoms with Crippen LogP contribution in [0.4, 0.5) is 0 Å². The molecule has 1 rings (SSSR count). The van der Waals surface area contributed by atoms with Crippen LogP contribution in [0.2, 0.25) is 0 Å². The number of halogens is 1. The molecule has 0 N–H and O–H groups in total. The quantitative estimate of drug-likeness (QED) is 0.612. The third-order valence-electron chi connectivity index (χ3n) is 2.23. The molecule has 82 valence electrons. The van der Waals surface area contributed by atoms with Crippen LogP contribution in [0.15, 0.2) is 18.2 Å². The Balaban J connectivity index is 2.81. The van der Waals surface area contributed by atoms with Gasteiger partial charge in [0.1, 0.15) is 5.75 Å². The van der Waals surface area contributed by atoms with E-state index in [9.17, 15) is 4.79 Å². The molecule has 3 heteroatoms. The van der Waals surface area contributed by atoms with Crippen molar-refractivity contribution in [2.24, 2.45) is 0 Å². The molecule has 0 bridgehead atoms. The normalized spacial score (nSPS) is 10.1. The van der Waals surface area contributed by atoms with Gasteiger partial charge in [0.2, 0.25) is 0 Å². The van der Waals surface area contributed by atoms with Crippen molar-refractivity contribution in [3.05, 3.63) is 27.3 Å². The molecule has 0 aromatic heterocycles. The predicted molar refractivity (Wildman–Crippen MR) is 69.6 cm³/mol. The van der Waals surface area contributed by atoms with Gasteiger partial charge in [0, 0.05) is 15.6 Å². The van der Waals surface area contributed by atoms with E-state index in [1.165, 1.54) is 0 Å². The summed E-state index contributed by atoms with van der Waals surface area (Å²) in [7, 11) is 1.63. The lowest BCUT2D eigenvalue weighted by Gasteiger charge is -2.05. The fraction of sp³-hybridized carbons (Fsp3) is 0.417. The van der Waals surface area contributed by atoms with E-state index in [4.69, 9.17) is 4.74 Å². The average Bonchev–Trinajstić information content (AvgIpc) is 2.25. The molecule has 0 amide bonds. The van der Waals surface area contributed by atoms with E-state index in [0.29, 0.717) is 6.42 Å². The Labute approximate surface area is 104 Å². The van der Waals surface area contributed by atoms with E-state index in [1.54, 1.807) is 7.11 Å². The van der Waals surface area contributed by atoms with Crippen LogP contribution < -0.4 is 4.74 Å². The van der Waals surface area contributed by atoms with Gasteiger partial charge in [-0.25, -0.2) is 0 Å². The van der Waals surface area contributed by atoms with Crippen LogP contribution in [0.5, 0.6) is 5.75 Å². The number of rotatable bonds is 5. The van der Waals surface area contributed by atoms with Crippen molar-refractivity contribution < 1.29 is 9.53 Å². The number of unbranched alkanes of at least 4 members (excludes halogenated alkanes) is 1. The maximum Gasteiger partial charge on any atom is 0.163 e. The minimum Gasteiger partial charge on any atom is -0.497 e. The molecule has 0 radical (unpaired) electrons. The highest BCUT2D eigenvalue weighted by atomic mass is 127. The molecule has 2 nitrogen and oxygen atoms in total. The fourth-order valence-corrected chi connectivity index (χ4v) is 2.11. The van der Waals surface area contributed by atoms with Crippen molar-refractivity contribution in [3.8, 4) is 5.75 Å². The summed E-state index contributed by atoms with van der Waals surface area (Å²) in [5.41, 5.74) is 0.810. The van der Waals surface area contributed by atoms with Crippen molar-refractivity contribution in [2.45, 2.75) is 26.2 Å². The molecule has 1 aromatic rings. The van der Waals surface area contributed by atoms with Crippen LogP contribution in [0, 0.1) is 3.57 Å². The van der Waals surface area contributed by atoms with E-state index in [-0.39, 0.29) is 5.78 Å². The Morgan fingerprint density at radius 2 is 2.20 bits per heavy atom. The van der Waals surface area contributed by atoms with Crippen LogP contribution in [0.3, 0.4) is 0 Å². The molecule has 0 fully saturated rings. The van der Waals surface area contributed by atoms with Crippen molar-refractivity contribution >= 4 is 28.4 Å². The first-order chi connectivity index (χ1) is 7.19. The van der Waals surface area contributed by atoms with Crippen molar-refractivity contribution in [2.75, 3.05) is 7.11 Å². The number of benzene rings is 1. The number of ketones is 1. The zero-order chi connectivity index (χ0) is 11.3. The predicted octanol–water partition coefficient (Wildman–Crippen LogP) is 3.67. The third-order valence-corrected chi connectivity index (χ3v) is 3.13. The van der Waals surface area contributed by atoms with E-state index in [2.05, 4.69) is 29.5 Å². The molecule has 0 heterocycles. The van der Waals surface area contributed by atoms with Gasteiger partial charge in [0.15, 0.2) is 5.78 Å². The summed E-state index contributed by atoms with van der Waals surface area (Å²) >= 11 is 2.18. The van der Waals surface area contributed by atoms with Gasteiger partial charge in [-0.1, -0.05) is 13.3 Å². The van der Waals surface area contributed by atoms with E-state index in [0.717, 1.165) is 27.7 Å². The number of carbonyl (C=O) groups excluding carboxylic acids is 1. The summed E-state index contributed by atoms with van der Waals surface area (Å²) < 4.78 is 6.06. The maximum absolute atomic E-state index is 11.8. The Kier molecular flexibility index (Phi) is 5.08. The highest BCUT2D eigenvalue weighted by Gasteiger charge is 2.09. The first kappa shape index (κ1) is 12.5. The molecule has 0 unspecified atom stereocenters. The summed E-state index contributed by atoms with van der Waals surface area (Å²) in [5.74, 6) is 1.02. The lowest BCUT2D eigenvalue weighted by atomic mass is 10.1. The minimum absolute atomic E-state index is 0.226. The lowest BCUT2D eigenvalue weighted by Crippen LogP contribution is -2.01. The van der Waals surface area contributed by atoms with Gasteiger partial charge in [0.05, 0.1) is 7.11 Å².